The Hall–Kier alpha value is -0.830. The first-order chi connectivity index (χ1) is 6.34. The summed E-state index contributed by atoms with van der Waals surface area (Å²) in [6.45, 7) is 2.72. The van der Waals surface area contributed by atoms with Crippen LogP contribution in [0, 0.1) is 0 Å². The Kier molecular flexibility index (Phi) is 4.54. The van der Waals surface area contributed by atoms with Crippen LogP contribution in [-0.4, -0.2) is 12.8 Å². The van der Waals surface area contributed by atoms with Crippen molar-refractivity contribution < 1.29 is 4.84 Å². The van der Waals surface area contributed by atoms with E-state index in [0.717, 1.165) is 16.5 Å². The Bertz CT molecular complexity index is 286. The van der Waals surface area contributed by atoms with E-state index in [1.165, 1.54) is 0 Å². The molecule has 0 atom stereocenters. The van der Waals surface area contributed by atoms with Gasteiger partial charge < -0.3 is 4.84 Å². The second-order valence-electron chi connectivity index (χ2n) is 2.59. The van der Waals surface area contributed by atoms with Crippen LogP contribution in [0.1, 0.15) is 18.9 Å². The van der Waals surface area contributed by atoms with E-state index in [2.05, 4.69) is 21.1 Å². The molecule has 0 spiro atoms. The van der Waals surface area contributed by atoms with Crippen molar-refractivity contribution in [3.05, 3.63) is 34.3 Å². The highest BCUT2D eigenvalue weighted by molar-refractivity contribution is 9.10. The molecule has 0 fully saturated rings. The molecule has 0 aliphatic rings. The van der Waals surface area contributed by atoms with Crippen molar-refractivity contribution in [1.82, 2.24) is 0 Å². The fourth-order valence-electron chi connectivity index (χ4n) is 0.818. The first-order valence-electron chi connectivity index (χ1n) is 4.24. The second kappa shape index (κ2) is 5.75. The van der Waals surface area contributed by atoms with Crippen molar-refractivity contribution >= 4 is 22.1 Å². The molecule has 1 rings (SSSR count). The molecular formula is C10H12BrNO. The van der Waals surface area contributed by atoms with Crippen LogP contribution in [-0.2, 0) is 4.84 Å². The fourth-order valence-corrected chi connectivity index (χ4v) is 1.20. The van der Waals surface area contributed by atoms with Crippen LogP contribution in [0.4, 0.5) is 0 Å². The van der Waals surface area contributed by atoms with Gasteiger partial charge in [-0.3, -0.25) is 0 Å². The van der Waals surface area contributed by atoms with Crippen LogP contribution in [0.2, 0.25) is 0 Å². The lowest BCUT2D eigenvalue weighted by Gasteiger charge is -1.96. The number of hydrogen-bond donors (Lipinski definition) is 0. The molecule has 1 aromatic carbocycles. The number of halogens is 1. The summed E-state index contributed by atoms with van der Waals surface area (Å²) in [6.07, 6.45) is 2.69. The van der Waals surface area contributed by atoms with Crippen molar-refractivity contribution in [1.29, 1.82) is 0 Å². The van der Waals surface area contributed by atoms with E-state index < -0.39 is 0 Å². The van der Waals surface area contributed by atoms with Crippen LogP contribution >= 0.6 is 15.9 Å². The van der Waals surface area contributed by atoms with E-state index in [-0.39, 0.29) is 0 Å². The average Bonchev–Trinajstić information content (AvgIpc) is 2.15. The monoisotopic (exact) mass is 241 g/mol. The van der Waals surface area contributed by atoms with Gasteiger partial charge in [-0.05, 0) is 12.5 Å². The minimum Gasteiger partial charge on any atom is -0.396 e. The predicted molar refractivity (Wildman–Crippen MR) is 58.0 cm³/mol. The second-order valence-corrected chi connectivity index (χ2v) is 3.44. The van der Waals surface area contributed by atoms with Gasteiger partial charge in [-0.1, -0.05) is 46.2 Å². The molecule has 0 heterocycles. The molecule has 0 saturated carbocycles. The topological polar surface area (TPSA) is 21.6 Å². The van der Waals surface area contributed by atoms with Gasteiger partial charge >= 0.3 is 0 Å². The van der Waals surface area contributed by atoms with E-state index in [0.29, 0.717) is 6.61 Å². The van der Waals surface area contributed by atoms with Gasteiger partial charge in [0.25, 0.3) is 0 Å². The van der Waals surface area contributed by atoms with Crippen LogP contribution in [0.25, 0.3) is 0 Å². The molecule has 0 bridgehead atoms. The summed E-state index contributed by atoms with van der Waals surface area (Å²) in [6, 6.07) is 7.88. The van der Waals surface area contributed by atoms with Gasteiger partial charge in [0, 0.05) is 10.0 Å². The van der Waals surface area contributed by atoms with Crippen LogP contribution < -0.4 is 0 Å². The van der Waals surface area contributed by atoms with Crippen molar-refractivity contribution in [2.75, 3.05) is 6.61 Å². The first kappa shape index (κ1) is 10.3. The summed E-state index contributed by atoms with van der Waals surface area (Å²) >= 11 is 3.42. The Labute approximate surface area is 86.7 Å². The quantitative estimate of drug-likeness (QED) is 0.451. The molecule has 0 aliphatic carbocycles. The van der Waals surface area contributed by atoms with E-state index in [1.54, 1.807) is 6.21 Å². The van der Waals surface area contributed by atoms with Crippen LogP contribution in [0.15, 0.2) is 33.9 Å². The zero-order chi connectivity index (χ0) is 9.52. The van der Waals surface area contributed by atoms with Crippen molar-refractivity contribution in [2.45, 2.75) is 13.3 Å². The van der Waals surface area contributed by atoms with Gasteiger partial charge in [0.1, 0.15) is 6.61 Å². The molecule has 0 amide bonds. The molecule has 0 N–H and O–H groups in total. The molecule has 0 unspecified atom stereocenters. The number of oxime groups is 1. The third-order valence-corrected chi connectivity index (χ3v) is 2.19. The minimum absolute atomic E-state index is 0.668. The highest BCUT2D eigenvalue weighted by Gasteiger charge is 1.92. The highest BCUT2D eigenvalue weighted by Crippen LogP contribution is 2.13. The summed E-state index contributed by atoms with van der Waals surface area (Å²) in [4.78, 5) is 4.99. The van der Waals surface area contributed by atoms with E-state index in [4.69, 9.17) is 4.84 Å². The SMILES string of the molecule is CCCON=Cc1ccccc1Br. The third-order valence-electron chi connectivity index (χ3n) is 1.47. The Morgan fingerprint density at radius 3 is 2.92 bits per heavy atom. The lowest BCUT2D eigenvalue weighted by molar-refractivity contribution is 0.146. The van der Waals surface area contributed by atoms with E-state index in [1.807, 2.05) is 31.2 Å². The zero-order valence-electron chi connectivity index (χ0n) is 7.53. The summed E-state index contributed by atoms with van der Waals surface area (Å²) < 4.78 is 1.03. The largest absolute Gasteiger partial charge is 0.396 e. The summed E-state index contributed by atoms with van der Waals surface area (Å²) in [5, 5.41) is 3.84. The standard InChI is InChI=1S/C10H12BrNO/c1-2-7-13-12-8-9-5-3-4-6-10(9)11/h3-6,8H,2,7H2,1H3. The van der Waals surface area contributed by atoms with Gasteiger partial charge in [-0.2, -0.15) is 0 Å². The third kappa shape index (κ3) is 3.59. The molecule has 0 aliphatic heterocycles. The van der Waals surface area contributed by atoms with Gasteiger partial charge in [-0.15, -0.1) is 0 Å². The molecule has 70 valence electrons. The van der Waals surface area contributed by atoms with Gasteiger partial charge in [-0.25, -0.2) is 0 Å². The first-order valence-corrected chi connectivity index (χ1v) is 5.03. The molecule has 0 aromatic heterocycles. The minimum atomic E-state index is 0.668. The van der Waals surface area contributed by atoms with Gasteiger partial charge in [0.05, 0.1) is 6.21 Å². The van der Waals surface area contributed by atoms with Crippen molar-refractivity contribution in [3.63, 3.8) is 0 Å². The van der Waals surface area contributed by atoms with Crippen molar-refractivity contribution in [3.8, 4) is 0 Å². The Balaban J connectivity index is 2.53. The number of rotatable bonds is 4. The molecule has 2 nitrogen and oxygen atoms in total. The zero-order valence-corrected chi connectivity index (χ0v) is 9.12. The maximum Gasteiger partial charge on any atom is 0.116 e. The molecule has 0 saturated heterocycles. The summed E-state index contributed by atoms with van der Waals surface area (Å²) in [7, 11) is 0. The average molecular weight is 242 g/mol. The highest BCUT2D eigenvalue weighted by atomic mass is 79.9. The molecular weight excluding hydrogens is 230 g/mol. The normalized spacial score (nSPS) is 10.6. The number of benzene rings is 1. The van der Waals surface area contributed by atoms with Gasteiger partial charge in [0.2, 0.25) is 0 Å². The smallest absolute Gasteiger partial charge is 0.116 e. The van der Waals surface area contributed by atoms with E-state index in [9.17, 15) is 0 Å². The lowest BCUT2D eigenvalue weighted by atomic mass is 10.2. The summed E-state index contributed by atoms with van der Waals surface area (Å²) in [5.41, 5.74) is 1.03. The van der Waals surface area contributed by atoms with E-state index >= 15 is 0 Å². The molecule has 1 aromatic rings. The predicted octanol–water partition coefficient (Wildman–Crippen LogP) is 3.21. The summed E-state index contributed by atoms with van der Waals surface area (Å²) in [5.74, 6) is 0. The van der Waals surface area contributed by atoms with Crippen molar-refractivity contribution in [2.24, 2.45) is 5.16 Å². The number of nitrogens with zero attached hydrogens (tertiary/aromatic N) is 1. The van der Waals surface area contributed by atoms with Gasteiger partial charge in [0.15, 0.2) is 0 Å². The van der Waals surface area contributed by atoms with Crippen LogP contribution in [0.5, 0.6) is 0 Å². The molecule has 0 radical (unpaired) electrons. The Morgan fingerprint density at radius 1 is 1.46 bits per heavy atom. The molecule has 3 heteroatoms. The molecule has 13 heavy (non-hydrogen) atoms. The number of hydrogen-bond acceptors (Lipinski definition) is 2. The van der Waals surface area contributed by atoms with Crippen LogP contribution in [0.3, 0.4) is 0 Å². The maximum absolute atomic E-state index is 4.99. The lowest BCUT2D eigenvalue weighted by Crippen LogP contribution is -1.87. The Morgan fingerprint density at radius 2 is 2.23 bits per heavy atom. The fraction of sp³-hybridized carbons (Fsp3) is 0.300. The maximum atomic E-state index is 4.99.